The van der Waals surface area contributed by atoms with E-state index in [9.17, 15) is 13.2 Å². The van der Waals surface area contributed by atoms with Crippen molar-refractivity contribution in [2.45, 2.75) is 24.7 Å². The zero-order valence-electron chi connectivity index (χ0n) is 19.4. The summed E-state index contributed by atoms with van der Waals surface area (Å²) >= 11 is 0. The molecule has 1 saturated heterocycles. The smallest absolute Gasteiger partial charge is 0.326 e. The molecular weight excluding hydrogens is 469 g/mol. The van der Waals surface area contributed by atoms with Gasteiger partial charge in [0.2, 0.25) is 0 Å². The molecule has 6 rings (SSSR count). The maximum absolute atomic E-state index is 14.1. The van der Waals surface area contributed by atoms with Gasteiger partial charge in [-0.25, -0.2) is 4.98 Å². The van der Waals surface area contributed by atoms with Crippen LogP contribution in [0.2, 0.25) is 0 Å². The zero-order chi connectivity index (χ0) is 25.0. The Morgan fingerprint density at radius 1 is 1.03 bits per heavy atom. The standard InChI is InChI=1S/C25H23F3N8/c1-34-12-18(11-30-34)16-3-2-15-4-6-20(31-21(15)10-16)24-33-32-22-7-5-17(13-36(22)24)23(25(26,27)28)35-9-8-19(29)14-35/h2-7,10-13,19,23H,8-9,14,29H2,1H3/t19?,23-/m1/s1. The number of halogens is 3. The molecule has 5 heterocycles. The molecule has 0 saturated carbocycles. The monoisotopic (exact) mass is 492 g/mol. The van der Waals surface area contributed by atoms with Gasteiger partial charge in [-0.05, 0) is 35.7 Å². The van der Waals surface area contributed by atoms with Crippen LogP contribution in [0.25, 0.3) is 39.2 Å². The summed E-state index contributed by atoms with van der Waals surface area (Å²) in [4.78, 5) is 6.16. The molecule has 1 aliphatic heterocycles. The van der Waals surface area contributed by atoms with Crippen LogP contribution in [-0.2, 0) is 7.05 Å². The average Bonchev–Trinajstić information content (AvgIpc) is 3.57. The molecule has 0 bridgehead atoms. The fourth-order valence-electron chi connectivity index (χ4n) is 4.89. The van der Waals surface area contributed by atoms with Gasteiger partial charge in [-0.15, -0.1) is 10.2 Å². The van der Waals surface area contributed by atoms with Crippen LogP contribution in [0.4, 0.5) is 13.2 Å². The van der Waals surface area contributed by atoms with Crippen LogP contribution in [0.1, 0.15) is 18.0 Å². The minimum atomic E-state index is -4.45. The van der Waals surface area contributed by atoms with Crippen molar-refractivity contribution >= 4 is 16.6 Å². The number of nitrogens with zero attached hydrogens (tertiary/aromatic N) is 7. The second kappa shape index (κ2) is 8.38. The first-order chi connectivity index (χ1) is 17.3. The van der Waals surface area contributed by atoms with E-state index in [1.807, 2.05) is 37.5 Å². The number of rotatable bonds is 4. The topological polar surface area (TPSA) is 90.2 Å². The quantitative estimate of drug-likeness (QED) is 0.408. The van der Waals surface area contributed by atoms with E-state index in [4.69, 9.17) is 10.7 Å². The highest BCUT2D eigenvalue weighted by molar-refractivity contribution is 5.85. The van der Waals surface area contributed by atoms with Gasteiger partial charge in [-0.2, -0.15) is 18.3 Å². The summed E-state index contributed by atoms with van der Waals surface area (Å²) in [6, 6.07) is 10.7. The molecule has 1 unspecified atom stereocenters. The third-order valence-corrected chi connectivity index (χ3v) is 6.63. The van der Waals surface area contributed by atoms with E-state index < -0.39 is 12.2 Å². The second-order valence-corrected chi connectivity index (χ2v) is 9.21. The Labute approximate surface area is 204 Å². The summed E-state index contributed by atoms with van der Waals surface area (Å²) in [6.07, 6.45) is 1.25. The van der Waals surface area contributed by atoms with Crippen molar-refractivity contribution in [1.29, 1.82) is 0 Å². The van der Waals surface area contributed by atoms with Crippen LogP contribution in [0, 0.1) is 0 Å². The Balaban J connectivity index is 1.43. The summed E-state index contributed by atoms with van der Waals surface area (Å²) in [7, 11) is 1.85. The molecule has 0 aliphatic carbocycles. The first-order valence-corrected chi connectivity index (χ1v) is 11.6. The molecule has 184 valence electrons. The predicted octanol–water partition coefficient (Wildman–Crippen LogP) is 3.98. The van der Waals surface area contributed by atoms with Crippen LogP contribution >= 0.6 is 0 Å². The molecule has 0 amide bonds. The maximum atomic E-state index is 14.1. The lowest BCUT2D eigenvalue weighted by Crippen LogP contribution is -2.38. The number of alkyl halides is 3. The lowest BCUT2D eigenvalue weighted by atomic mass is 10.1. The Morgan fingerprint density at radius 3 is 2.58 bits per heavy atom. The van der Waals surface area contributed by atoms with Gasteiger partial charge in [0.15, 0.2) is 11.5 Å². The van der Waals surface area contributed by atoms with Crippen molar-refractivity contribution in [2.24, 2.45) is 12.8 Å². The van der Waals surface area contributed by atoms with E-state index in [0.29, 0.717) is 30.1 Å². The number of hydrogen-bond acceptors (Lipinski definition) is 6. The normalized spacial score (nSPS) is 17.9. The van der Waals surface area contributed by atoms with Crippen molar-refractivity contribution in [3.05, 3.63) is 66.6 Å². The van der Waals surface area contributed by atoms with Crippen LogP contribution in [0.5, 0.6) is 0 Å². The molecule has 1 fully saturated rings. The van der Waals surface area contributed by atoms with Gasteiger partial charge < -0.3 is 5.73 Å². The minimum Gasteiger partial charge on any atom is -0.326 e. The fourth-order valence-corrected chi connectivity index (χ4v) is 4.89. The molecule has 2 N–H and O–H groups in total. The van der Waals surface area contributed by atoms with E-state index >= 15 is 0 Å². The molecule has 4 aromatic heterocycles. The molecule has 11 heteroatoms. The number of hydrogen-bond donors (Lipinski definition) is 1. The molecule has 8 nitrogen and oxygen atoms in total. The minimum absolute atomic E-state index is 0.116. The summed E-state index contributed by atoms with van der Waals surface area (Å²) in [5, 5.41) is 13.6. The zero-order valence-corrected chi connectivity index (χ0v) is 19.4. The number of aryl methyl sites for hydroxylation is 1. The van der Waals surface area contributed by atoms with E-state index in [-0.39, 0.29) is 18.2 Å². The van der Waals surface area contributed by atoms with Crippen molar-refractivity contribution in [2.75, 3.05) is 13.1 Å². The first-order valence-electron chi connectivity index (χ1n) is 11.6. The van der Waals surface area contributed by atoms with Crippen LogP contribution in [0.3, 0.4) is 0 Å². The molecule has 0 radical (unpaired) electrons. The van der Waals surface area contributed by atoms with E-state index in [1.165, 1.54) is 17.2 Å². The highest BCUT2D eigenvalue weighted by Gasteiger charge is 2.46. The fraction of sp³-hybridized carbons (Fsp3) is 0.280. The third kappa shape index (κ3) is 3.99. The summed E-state index contributed by atoms with van der Waals surface area (Å²) < 4.78 is 45.7. The number of likely N-dealkylation sites (tertiary alicyclic amines) is 1. The number of fused-ring (bicyclic) bond motifs is 2. The molecule has 0 spiro atoms. The molecule has 5 aromatic rings. The first kappa shape index (κ1) is 22.6. The lowest BCUT2D eigenvalue weighted by molar-refractivity contribution is -0.183. The Kier molecular flexibility index (Phi) is 5.27. The number of nitrogens with two attached hydrogens (primary N) is 1. The van der Waals surface area contributed by atoms with Crippen molar-refractivity contribution in [1.82, 2.24) is 34.3 Å². The SMILES string of the molecule is Cn1cc(-c2ccc3ccc(-c4nnc5ccc([C@@H](N6CCC(N)C6)C(F)(F)F)cn45)nc3c2)cn1. The summed E-state index contributed by atoms with van der Waals surface area (Å²) in [5.74, 6) is 0.375. The molecule has 36 heavy (non-hydrogen) atoms. The maximum Gasteiger partial charge on any atom is 0.408 e. The van der Waals surface area contributed by atoms with Gasteiger partial charge in [0.25, 0.3) is 0 Å². The summed E-state index contributed by atoms with van der Waals surface area (Å²) in [6.45, 7) is 0.493. The second-order valence-electron chi connectivity index (χ2n) is 9.21. The molecular formula is C25H23F3N8. The van der Waals surface area contributed by atoms with Crippen LogP contribution < -0.4 is 5.73 Å². The van der Waals surface area contributed by atoms with Gasteiger partial charge in [0.05, 0.1) is 11.7 Å². The predicted molar refractivity (Wildman–Crippen MR) is 129 cm³/mol. The van der Waals surface area contributed by atoms with Crippen molar-refractivity contribution in [3.63, 3.8) is 0 Å². The number of benzene rings is 1. The Morgan fingerprint density at radius 2 is 1.86 bits per heavy atom. The largest absolute Gasteiger partial charge is 0.408 e. The lowest BCUT2D eigenvalue weighted by Gasteiger charge is -2.30. The summed E-state index contributed by atoms with van der Waals surface area (Å²) in [5.41, 5.74) is 9.64. The van der Waals surface area contributed by atoms with Gasteiger partial charge in [0.1, 0.15) is 11.7 Å². The Bertz CT molecular complexity index is 1570. The highest BCUT2D eigenvalue weighted by atomic mass is 19.4. The van der Waals surface area contributed by atoms with Crippen LogP contribution in [-0.4, -0.2) is 59.6 Å². The highest BCUT2D eigenvalue weighted by Crippen LogP contribution is 2.39. The van der Waals surface area contributed by atoms with Crippen molar-refractivity contribution in [3.8, 4) is 22.6 Å². The molecule has 1 aromatic carbocycles. The van der Waals surface area contributed by atoms with Gasteiger partial charge in [-0.3, -0.25) is 14.0 Å². The number of aromatic nitrogens is 6. The third-order valence-electron chi connectivity index (χ3n) is 6.63. The number of pyridine rings is 2. The van der Waals surface area contributed by atoms with Gasteiger partial charge >= 0.3 is 6.18 Å². The van der Waals surface area contributed by atoms with Gasteiger partial charge in [0, 0.05) is 49.5 Å². The molecule has 1 aliphatic rings. The van der Waals surface area contributed by atoms with E-state index in [0.717, 1.165) is 22.0 Å². The van der Waals surface area contributed by atoms with E-state index in [1.54, 1.807) is 27.4 Å². The van der Waals surface area contributed by atoms with Crippen molar-refractivity contribution < 1.29 is 13.2 Å². The molecule has 2 atom stereocenters. The van der Waals surface area contributed by atoms with E-state index in [2.05, 4.69) is 15.3 Å². The van der Waals surface area contributed by atoms with Crippen LogP contribution in [0.15, 0.2) is 61.1 Å². The van der Waals surface area contributed by atoms with Gasteiger partial charge in [-0.1, -0.05) is 24.3 Å². The average molecular weight is 493 g/mol. The Hall–Kier alpha value is -3.83.